The minimum Gasteiger partial charge on any atom is -0.286 e. The Hall–Kier alpha value is -0.870. The summed E-state index contributed by atoms with van der Waals surface area (Å²) in [6, 6.07) is 0. The van der Waals surface area contributed by atoms with E-state index < -0.39 is 0 Å². The number of nitrogens with one attached hydrogen (secondary N) is 2. The van der Waals surface area contributed by atoms with E-state index in [1.165, 1.54) is 0 Å². The molecule has 2 rings (SSSR count). The van der Waals surface area contributed by atoms with Crippen molar-refractivity contribution >= 4 is 6.21 Å². The van der Waals surface area contributed by atoms with Crippen LogP contribution in [-0.4, -0.2) is 11.9 Å². The highest BCUT2D eigenvalue weighted by atomic mass is 16.8. The number of rotatable bonds is 0. The summed E-state index contributed by atoms with van der Waals surface area (Å²) in [6.07, 6.45) is 5.23. The monoisotopic (exact) mass is 111 g/mol. The van der Waals surface area contributed by atoms with E-state index in [0.29, 0.717) is 0 Å². The van der Waals surface area contributed by atoms with Gasteiger partial charge in [-0.3, -0.25) is 10.3 Å². The van der Waals surface area contributed by atoms with Gasteiger partial charge in [0.15, 0.2) is 0 Å². The van der Waals surface area contributed by atoms with Gasteiger partial charge in [-0.15, -0.1) is 0 Å². The van der Waals surface area contributed by atoms with Gasteiger partial charge < -0.3 is 0 Å². The van der Waals surface area contributed by atoms with Crippen LogP contribution in [0.5, 0.6) is 0 Å². The van der Waals surface area contributed by atoms with Crippen molar-refractivity contribution in [3.8, 4) is 0 Å². The number of hydrogen-bond acceptors (Lipinski definition) is 4. The molecule has 42 valence electrons. The van der Waals surface area contributed by atoms with Crippen molar-refractivity contribution in [2.75, 3.05) is 0 Å². The second kappa shape index (κ2) is 1.10. The summed E-state index contributed by atoms with van der Waals surface area (Å²) in [6.45, 7) is 0. The van der Waals surface area contributed by atoms with E-state index in [0.717, 1.165) is 0 Å². The van der Waals surface area contributed by atoms with Crippen LogP contribution in [0.25, 0.3) is 0 Å². The lowest BCUT2D eigenvalue weighted by Gasteiger charge is -1.99. The molecule has 0 saturated carbocycles. The molecular formula is C4H5N3O. The van der Waals surface area contributed by atoms with Gasteiger partial charge in [0.1, 0.15) is 0 Å². The van der Waals surface area contributed by atoms with Crippen molar-refractivity contribution in [3.63, 3.8) is 0 Å². The molecule has 0 aliphatic carbocycles. The van der Waals surface area contributed by atoms with E-state index in [4.69, 9.17) is 4.84 Å². The molecule has 1 unspecified atom stereocenters. The Bertz CT molecular complexity index is 145. The van der Waals surface area contributed by atoms with Gasteiger partial charge in [0.2, 0.25) is 5.72 Å². The molecule has 0 aromatic rings. The largest absolute Gasteiger partial charge is 0.286 e. The smallest absolute Gasteiger partial charge is 0.219 e. The van der Waals surface area contributed by atoms with Gasteiger partial charge in [0, 0.05) is 6.20 Å². The van der Waals surface area contributed by atoms with Crippen LogP contribution in [0.15, 0.2) is 17.4 Å². The Labute approximate surface area is 46.2 Å². The average molecular weight is 111 g/mol. The van der Waals surface area contributed by atoms with Crippen LogP contribution < -0.4 is 10.9 Å². The summed E-state index contributed by atoms with van der Waals surface area (Å²) < 4.78 is 0. The van der Waals surface area contributed by atoms with E-state index in [9.17, 15) is 0 Å². The standard InChI is InChI=1S/C4H5N3O/c1-2-5-6-3-4(1)7-8-4/h1-3,5,7H. The van der Waals surface area contributed by atoms with E-state index in [1.54, 1.807) is 12.4 Å². The first-order valence-electron chi connectivity index (χ1n) is 2.34. The zero-order chi connectivity index (χ0) is 5.45. The predicted octanol–water partition coefficient (Wildman–Crippen LogP) is -0.680. The van der Waals surface area contributed by atoms with Crippen LogP contribution in [0, 0.1) is 0 Å². The topological polar surface area (TPSA) is 58.9 Å². The first-order chi connectivity index (χ1) is 3.91. The van der Waals surface area contributed by atoms with Crippen molar-refractivity contribution in [2.24, 2.45) is 5.10 Å². The molecule has 1 saturated heterocycles. The third-order valence-electron chi connectivity index (χ3n) is 1.07. The van der Waals surface area contributed by atoms with Gasteiger partial charge in [0.25, 0.3) is 0 Å². The van der Waals surface area contributed by atoms with Crippen molar-refractivity contribution in [1.82, 2.24) is 10.9 Å². The highest BCUT2D eigenvalue weighted by molar-refractivity contribution is 5.74. The van der Waals surface area contributed by atoms with Crippen LogP contribution in [-0.2, 0) is 4.84 Å². The molecule has 2 aliphatic heterocycles. The SMILES string of the molecule is C1=CC2(C=NN1)NO2. The summed E-state index contributed by atoms with van der Waals surface area (Å²) in [7, 11) is 0. The predicted molar refractivity (Wildman–Crippen MR) is 27.7 cm³/mol. The van der Waals surface area contributed by atoms with Gasteiger partial charge in [0.05, 0.1) is 6.21 Å². The van der Waals surface area contributed by atoms with Crippen LogP contribution in [0.4, 0.5) is 0 Å². The first kappa shape index (κ1) is 4.05. The van der Waals surface area contributed by atoms with Crippen molar-refractivity contribution < 1.29 is 4.84 Å². The second-order valence-corrected chi connectivity index (χ2v) is 1.72. The third-order valence-corrected chi connectivity index (χ3v) is 1.07. The number of nitrogens with zero attached hydrogens (tertiary/aromatic N) is 1. The Balaban J connectivity index is 2.24. The fourth-order valence-electron chi connectivity index (χ4n) is 0.560. The number of hydrogen-bond donors (Lipinski definition) is 2. The molecule has 1 fully saturated rings. The first-order valence-corrected chi connectivity index (χ1v) is 2.34. The van der Waals surface area contributed by atoms with Gasteiger partial charge in [-0.05, 0) is 6.08 Å². The Morgan fingerprint density at radius 2 is 2.50 bits per heavy atom. The highest BCUT2D eigenvalue weighted by Crippen LogP contribution is 2.18. The fraction of sp³-hybridized carbons (Fsp3) is 0.250. The molecule has 2 heterocycles. The van der Waals surface area contributed by atoms with E-state index in [2.05, 4.69) is 16.0 Å². The molecule has 4 heteroatoms. The molecule has 1 atom stereocenters. The quantitative estimate of drug-likeness (QED) is 0.407. The minimum absolute atomic E-state index is 0.356. The maximum Gasteiger partial charge on any atom is 0.219 e. The highest BCUT2D eigenvalue weighted by Gasteiger charge is 2.41. The molecule has 0 amide bonds. The van der Waals surface area contributed by atoms with Crippen LogP contribution in [0.2, 0.25) is 0 Å². The van der Waals surface area contributed by atoms with Gasteiger partial charge in [-0.1, -0.05) is 0 Å². The number of hydroxylamine groups is 1. The van der Waals surface area contributed by atoms with E-state index >= 15 is 0 Å². The molecule has 8 heavy (non-hydrogen) atoms. The average Bonchev–Trinajstić information content (AvgIpc) is 2.52. The summed E-state index contributed by atoms with van der Waals surface area (Å²) in [5.41, 5.74) is 4.97. The maximum atomic E-state index is 4.81. The van der Waals surface area contributed by atoms with Gasteiger partial charge >= 0.3 is 0 Å². The lowest BCUT2D eigenvalue weighted by atomic mass is 10.3. The van der Waals surface area contributed by atoms with E-state index in [-0.39, 0.29) is 5.72 Å². The summed E-state index contributed by atoms with van der Waals surface area (Å²) in [5, 5.41) is 3.74. The van der Waals surface area contributed by atoms with Gasteiger partial charge in [-0.25, -0.2) is 0 Å². The molecule has 4 nitrogen and oxygen atoms in total. The lowest BCUT2D eigenvalue weighted by molar-refractivity contribution is 0.368. The molecular weight excluding hydrogens is 106 g/mol. The van der Waals surface area contributed by atoms with Crippen molar-refractivity contribution in [1.29, 1.82) is 0 Å². The molecule has 0 bridgehead atoms. The molecule has 1 spiro atoms. The minimum atomic E-state index is -0.356. The molecule has 0 aromatic heterocycles. The Kier molecular flexibility index (Phi) is 0.556. The summed E-state index contributed by atoms with van der Waals surface area (Å²) in [5.74, 6) is 0. The van der Waals surface area contributed by atoms with E-state index in [1.807, 2.05) is 6.08 Å². The summed E-state index contributed by atoms with van der Waals surface area (Å²) in [4.78, 5) is 4.81. The zero-order valence-corrected chi connectivity index (χ0v) is 4.09. The van der Waals surface area contributed by atoms with Crippen molar-refractivity contribution in [3.05, 3.63) is 12.3 Å². The molecule has 2 aliphatic rings. The molecule has 0 radical (unpaired) electrons. The van der Waals surface area contributed by atoms with Crippen LogP contribution in [0.1, 0.15) is 0 Å². The van der Waals surface area contributed by atoms with Crippen LogP contribution >= 0.6 is 0 Å². The lowest BCUT2D eigenvalue weighted by Crippen LogP contribution is -2.19. The third kappa shape index (κ3) is 0.438. The maximum absolute atomic E-state index is 4.81. The van der Waals surface area contributed by atoms with Gasteiger partial charge in [-0.2, -0.15) is 10.6 Å². The Morgan fingerprint density at radius 1 is 1.62 bits per heavy atom. The molecule has 0 aromatic carbocycles. The molecule has 2 N–H and O–H groups in total. The summed E-state index contributed by atoms with van der Waals surface area (Å²) >= 11 is 0. The van der Waals surface area contributed by atoms with Crippen LogP contribution in [0.3, 0.4) is 0 Å². The number of hydrazone groups is 1. The normalized spacial score (nSPS) is 40.0. The fourth-order valence-corrected chi connectivity index (χ4v) is 0.560. The van der Waals surface area contributed by atoms with Crippen molar-refractivity contribution in [2.45, 2.75) is 5.72 Å². The Morgan fingerprint density at radius 3 is 2.88 bits per heavy atom. The zero-order valence-electron chi connectivity index (χ0n) is 4.09. The second-order valence-electron chi connectivity index (χ2n) is 1.72.